The third-order valence-corrected chi connectivity index (χ3v) is 2.73. The third-order valence-electron chi connectivity index (χ3n) is 2.73. The topological polar surface area (TPSA) is 26.3 Å². The third kappa shape index (κ3) is 3.81. The summed E-state index contributed by atoms with van der Waals surface area (Å²) in [5.74, 6) is -0.261. The van der Waals surface area contributed by atoms with Crippen LogP contribution in [0.15, 0.2) is 60.7 Å². The van der Waals surface area contributed by atoms with Crippen molar-refractivity contribution in [2.45, 2.75) is 6.92 Å². The smallest absolute Gasteiger partial charge is 0.302 e. The molecular formula is C17H16O2. The van der Waals surface area contributed by atoms with Gasteiger partial charge in [0.25, 0.3) is 0 Å². The fourth-order valence-corrected chi connectivity index (χ4v) is 1.85. The van der Waals surface area contributed by atoms with E-state index in [4.69, 9.17) is 4.74 Å². The molecule has 2 rings (SSSR count). The molecule has 0 aliphatic rings. The number of allylic oxidation sites excluding steroid dienone is 2. The van der Waals surface area contributed by atoms with Crippen LogP contribution < -0.4 is 0 Å². The zero-order valence-electron chi connectivity index (χ0n) is 10.9. The molecule has 0 saturated heterocycles. The van der Waals surface area contributed by atoms with Crippen LogP contribution >= 0.6 is 0 Å². The van der Waals surface area contributed by atoms with Crippen molar-refractivity contribution in [2.24, 2.45) is 0 Å². The van der Waals surface area contributed by atoms with Crippen molar-refractivity contribution < 1.29 is 9.53 Å². The molecule has 0 N–H and O–H groups in total. The zero-order valence-corrected chi connectivity index (χ0v) is 10.9. The van der Waals surface area contributed by atoms with E-state index in [9.17, 15) is 4.79 Å². The first-order valence-electron chi connectivity index (χ1n) is 6.22. The first kappa shape index (κ1) is 13.1. The van der Waals surface area contributed by atoms with Crippen LogP contribution in [0.2, 0.25) is 0 Å². The Hall–Kier alpha value is -2.35. The predicted octanol–water partition coefficient (Wildman–Crippen LogP) is 3.97. The average Bonchev–Trinajstić information content (AvgIpc) is 2.42. The number of carbonyl (C=O) groups is 1. The molecule has 0 bridgehead atoms. The molecule has 2 nitrogen and oxygen atoms in total. The Labute approximate surface area is 113 Å². The van der Waals surface area contributed by atoms with Gasteiger partial charge in [0.1, 0.15) is 6.61 Å². The highest BCUT2D eigenvalue weighted by molar-refractivity contribution is 5.90. The number of carbonyl (C=O) groups excluding carboxylic acids is 1. The maximum absolute atomic E-state index is 10.6. The number of esters is 1. The Morgan fingerprint density at radius 2 is 1.89 bits per heavy atom. The van der Waals surface area contributed by atoms with Crippen molar-refractivity contribution in [3.63, 3.8) is 0 Å². The Morgan fingerprint density at radius 3 is 2.74 bits per heavy atom. The van der Waals surface area contributed by atoms with Crippen LogP contribution in [0.5, 0.6) is 0 Å². The van der Waals surface area contributed by atoms with E-state index < -0.39 is 0 Å². The fourth-order valence-electron chi connectivity index (χ4n) is 1.85. The molecule has 96 valence electrons. The highest BCUT2D eigenvalue weighted by Gasteiger charge is 1.95. The molecule has 0 spiro atoms. The van der Waals surface area contributed by atoms with Crippen molar-refractivity contribution in [1.82, 2.24) is 0 Å². The van der Waals surface area contributed by atoms with Gasteiger partial charge in [-0.05, 0) is 22.4 Å². The molecule has 2 heteroatoms. The molecule has 19 heavy (non-hydrogen) atoms. The van der Waals surface area contributed by atoms with Gasteiger partial charge in [0, 0.05) is 6.92 Å². The second-order valence-corrected chi connectivity index (χ2v) is 4.16. The molecule has 0 unspecified atom stereocenters. The summed E-state index contributed by atoms with van der Waals surface area (Å²) >= 11 is 0. The fraction of sp³-hybridized carbons (Fsp3) is 0.118. The van der Waals surface area contributed by atoms with Crippen molar-refractivity contribution in [1.29, 1.82) is 0 Å². The second kappa shape index (κ2) is 6.55. The summed E-state index contributed by atoms with van der Waals surface area (Å²) in [5, 5.41) is 2.46. The van der Waals surface area contributed by atoms with Crippen molar-refractivity contribution in [3.05, 3.63) is 66.3 Å². The summed E-state index contributed by atoms with van der Waals surface area (Å²) in [5.41, 5.74) is 1.18. The van der Waals surface area contributed by atoms with Crippen LogP contribution in [0.3, 0.4) is 0 Å². The summed E-state index contributed by atoms with van der Waals surface area (Å²) in [6.45, 7) is 1.72. The van der Waals surface area contributed by atoms with Crippen LogP contribution in [0.1, 0.15) is 12.5 Å². The summed E-state index contributed by atoms with van der Waals surface area (Å²) in [7, 11) is 0. The Morgan fingerprint density at radius 1 is 1.11 bits per heavy atom. The van der Waals surface area contributed by atoms with E-state index in [1.807, 2.05) is 42.5 Å². The van der Waals surface area contributed by atoms with Gasteiger partial charge >= 0.3 is 5.97 Å². The van der Waals surface area contributed by atoms with Crippen LogP contribution in [-0.4, -0.2) is 12.6 Å². The summed E-state index contributed by atoms with van der Waals surface area (Å²) in [6.07, 6.45) is 7.69. The molecule has 0 fully saturated rings. The normalized spacial score (nSPS) is 11.4. The number of benzene rings is 2. The van der Waals surface area contributed by atoms with Gasteiger partial charge in [-0.15, -0.1) is 0 Å². The molecule has 0 saturated carbocycles. The Bertz CT molecular complexity index is 619. The summed E-state index contributed by atoms with van der Waals surface area (Å²) in [4.78, 5) is 10.6. The van der Waals surface area contributed by atoms with E-state index in [2.05, 4.69) is 24.3 Å². The van der Waals surface area contributed by atoms with Gasteiger partial charge in [0.15, 0.2) is 0 Å². The number of ether oxygens (including phenoxy) is 1. The van der Waals surface area contributed by atoms with Gasteiger partial charge in [0.05, 0.1) is 0 Å². The minimum absolute atomic E-state index is 0.261. The Balaban J connectivity index is 2.07. The summed E-state index contributed by atoms with van der Waals surface area (Å²) < 4.78 is 4.80. The standard InChI is InChI=1S/C17H16O2/c1-14(18)19-13-6-2-3-8-15-10-7-11-16-9-4-5-12-17(15)16/h2-12H,13H2,1H3/b6-2+,8-3+. The van der Waals surface area contributed by atoms with Crippen molar-refractivity contribution >= 4 is 22.8 Å². The quantitative estimate of drug-likeness (QED) is 0.608. The van der Waals surface area contributed by atoms with Crippen molar-refractivity contribution in [3.8, 4) is 0 Å². The number of rotatable bonds is 4. The van der Waals surface area contributed by atoms with Gasteiger partial charge in [-0.3, -0.25) is 4.79 Å². The minimum atomic E-state index is -0.261. The number of hydrogen-bond donors (Lipinski definition) is 0. The van der Waals surface area contributed by atoms with E-state index in [1.54, 1.807) is 0 Å². The number of fused-ring (bicyclic) bond motifs is 1. The monoisotopic (exact) mass is 252 g/mol. The molecule has 0 aliphatic heterocycles. The second-order valence-electron chi connectivity index (χ2n) is 4.16. The van der Waals surface area contributed by atoms with Gasteiger partial charge in [0.2, 0.25) is 0 Å². The molecule has 0 aliphatic carbocycles. The zero-order chi connectivity index (χ0) is 13.5. The lowest BCUT2D eigenvalue weighted by molar-refractivity contribution is -0.139. The van der Waals surface area contributed by atoms with E-state index in [0.717, 1.165) is 0 Å². The molecular weight excluding hydrogens is 236 g/mol. The van der Waals surface area contributed by atoms with Crippen molar-refractivity contribution in [2.75, 3.05) is 6.61 Å². The van der Waals surface area contributed by atoms with Gasteiger partial charge in [-0.1, -0.05) is 60.7 Å². The van der Waals surface area contributed by atoms with Gasteiger partial charge < -0.3 is 4.74 Å². The van der Waals surface area contributed by atoms with Gasteiger partial charge in [-0.25, -0.2) is 0 Å². The first-order chi connectivity index (χ1) is 9.27. The lowest BCUT2D eigenvalue weighted by atomic mass is 10.0. The predicted molar refractivity (Wildman–Crippen MR) is 78.8 cm³/mol. The molecule has 0 aromatic heterocycles. The van der Waals surface area contributed by atoms with Crippen LogP contribution in [-0.2, 0) is 9.53 Å². The van der Waals surface area contributed by atoms with Crippen LogP contribution in [0.4, 0.5) is 0 Å². The highest BCUT2D eigenvalue weighted by atomic mass is 16.5. The average molecular weight is 252 g/mol. The van der Waals surface area contributed by atoms with E-state index >= 15 is 0 Å². The summed E-state index contributed by atoms with van der Waals surface area (Å²) in [6, 6.07) is 14.5. The number of hydrogen-bond acceptors (Lipinski definition) is 2. The largest absolute Gasteiger partial charge is 0.462 e. The van der Waals surface area contributed by atoms with E-state index in [1.165, 1.54) is 23.3 Å². The van der Waals surface area contributed by atoms with Gasteiger partial charge in [-0.2, -0.15) is 0 Å². The lowest BCUT2D eigenvalue weighted by Crippen LogP contribution is -1.96. The minimum Gasteiger partial charge on any atom is -0.462 e. The molecule has 2 aromatic rings. The lowest BCUT2D eigenvalue weighted by Gasteiger charge is -2.00. The van der Waals surface area contributed by atoms with E-state index in [0.29, 0.717) is 6.61 Å². The Kier molecular flexibility index (Phi) is 4.51. The van der Waals surface area contributed by atoms with Crippen LogP contribution in [0, 0.1) is 0 Å². The molecule has 0 heterocycles. The molecule has 2 aromatic carbocycles. The maximum atomic E-state index is 10.6. The van der Waals surface area contributed by atoms with E-state index in [-0.39, 0.29) is 5.97 Å². The molecule has 0 atom stereocenters. The first-order valence-corrected chi connectivity index (χ1v) is 6.22. The maximum Gasteiger partial charge on any atom is 0.302 e. The molecule has 0 radical (unpaired) electrons. The van der Waals surface area contributed by atoms with Crippen LogP contribution in [0.25, 0.3) is 16.8 Å². The SMILES string of the molecule is CC(=O)OC/C=C/C=C/c1cccc2ccccc12. The highest BCUT2D eigenvalue weighted by Crippen LogP contribution is 2.19. The molecule has 0 amide bonds.